The first-order chi connectivity index (χ1) is 9.65. The van der Waals surface area contributed by atoms with Gasteiger partial charge in [-0.1, -0.05) is 18.2 Å². The zero-order valence-corrected chi connectivity index (χ0v) is 12.8. The normalized spacial score (nSPS) is 10.7. The van der Waals surface area contributed by atoms with Crippen molar-refractivity contribution >= 4 is 28.4 Å². The molecule has 0 aliphatic heterocycles. The van der Waals surface area contributed by atoms with Crippen LogP contribution in [0.1, 0.15) is 5.69 Å². The van der Waals surface area contributed by atoms with E-state index in [2.05, 4.69) is 42.8 Å². The lowest BCUT2D eigenvalue weighted by atomic mass is 10.3. The molecule has 0 spiro atoms. The highest BCUT2D eigenvalue weighted by atomic mass is 127. The Morgan fingerprint density at radius 1 is 1.15 bits per heavy atom. The number of nitrogens with two attached hydrogens (primary N) is 1. The minimum Gasteiger partial charge on any atom is -0.383 e. The average Bonchev–Trinajstić information content (AvgIpc) is 2.95. The maximum atomic E-state index is 5.86. The molecule has 0 saturated heterocycles. The lowest BCUT2D eigenvalue weighted by Gasteiger charge is -2.03. The van der Waals surface area contributed by atoms with Crippen molar-refractivity contribution in [1.29, 1.82) is 0 Å². The molecule has 0 atom stereocenters. The van der Waals surface area contributed by atoms with Crippen molar-refractivity contribution in [3.63, 3.8) is 0 Å². The summed E-state index contributed by atoms with van der Waals surface area (Å²) in [6.45, 7) is 1.89. The molecule has 2 N–H and O–H groups in total. The summed E-state index contributed by atoms with van der Waals surface area (Å²) in [5, 5.41) is 8.61. The predicted molar refractivity (Wildman–Crippen MR) is 84.3 cm³/mol. The Morgan fingerprint density at radius 2 is 1.90 bits per heavy atom. The predicted octanol–water partition coefficient (Wildman–Crippen LogP) is 2.22. The van der Waals surface area contributed by atoms with Crippen molar-refractivity contribution in [2.75, 3.05) is 5.73 Å². The van der Waals surface area contributed by atoms with Gasteiger partial charge in [0.2, 0.25) is 0 Å². The molecule has 0 unspecified atom stereocenters. The Hall–Kier alpha value is -2.03. The summed E-state index contributed by atoms with van der Waals surface area (Å²) in [6.07, 6.45) is 1.63. The number of nitrogens with zero attached hydrogens (tertiary/aromatic N) is 5. The van der Waals surface area contributed by atoms with Gasteiger partial charge in [-0.15, -0.1) is 5.10 Å². The van der Waals surface area contributed by atoms with E-state index >= 15 is 0 Å². The first-order valence-electron chi connectivity index (χ1n) is 5.93. The van der Waals surface area contributed by atoms with Gasteiger partial charge in [0.15, 0.2) is 11.5 Å². The van der Waals surface area contributed by atoms with Crippen LogP contribution in [0.2, 0.25) is 0 Å². The van der Waals surface area contributed by atoms with E-state index in [0.717, 1.165) is 15.0 Å². The molecule has 0 amide bonds. The van der Waals surface area contributed by atoms with Gasteiger partial charge in [0.1, 0.15) is 5.82 Å². The Balaban J connectivity index is 2.03. The first-order valence-corrected chi connectivity index (χ1v) is 7.01. The van der Waals surface area contributed by atoms with E-state index in [1.165, 1.54) is 0 Å². The minimum absolute atomic E-state index is 0.461. The molecule has 0 aliphatic carbocycles. The van der Waals surface area contributed by atoms with Crippen molar-refractivity contribution in [2.24, 2.45) is 0 Å². The van der Waals surface area contributed by atoms with E-state index in [0.29, 0.717) is 17.3 Å². The van der Waals surface area contributed by atoms with Gasteiger partial charge in [0.25, 0.3) is 0 Å². The summed E-state index contributed by atoms with van der Waals surface area (Å²) >= 11 is 2.13. The summed E-state index contributed by atoms with van der Waals surface area (Å²) in [4.78, 5) is 10.2. The second-order valence-electron chi connectivity index (χ2n) is 4.19. The smallest absolute Gasteiger partial charge is 0.184 e. The van der Waals surface area contributed by atoms with Crippen LogP contribution in [0.25, 0.3) is 17.2 Å². The average molecular weight is 378 g/mol. The zero-order chi connectivity index (χ0) is 14.1. The van der Waals surface area contributed by atoms with Crippen LogP contribution >= 0.6 is 22.6 Å². The molecule has 7 heteroatoms. The third-order valence-corrected chi connectivity index (χ3v) is 4.08. The number of halogens is 1. The molecule has 100 valence electrons. The van der Waals surface area contributed by atoms with Crippen LogP contribution in [0.5, 0.6) is 0 Å². The summed E-state index contributed by atoms with van der Waals surface area (Å²) in [5.41, 5.74) is 8.18. The van der Waals surface area contributed by atoms with Gasteiger partial charge in [-0.3, -0.25) is 0 Å². The van der Waals surface area contributed by atoms with Crippen LogP contribution in [0, 0.1) is 10.5 Å². The molecule has 0 fully saturated rings. The molecule has 2 heterocycles. The topological polar surface area (TPSA) is 82.5 Å². The van der Waals surface area contributed by atoms with Gasteiger partial charge in [0.05, 0.1) is 21.1 Å². The quantitative estimate of drug-likeness (QED) is 0.692. The monoisotopic (exact) mass is 378 g/mol. The van der Waals surface area contributed by atoms with Crippen LogP contribution in [-0.4, -0.2) is 25.0 Å². The number of nitrogen functional groups attached to an aromatic ring is 1. The molecule has 2 aromatic heterocycles. The van der Waals surface area contributed by atoms with Crippen LogP contribution in [0.4, 0.5) is 5.82 Å². The van der Waals surface area contributed by atoms with E-state index < -0.39 is 0 Å². The van der Waals surface area contributed by atoms with Crippen molar-refractivity contribution in [2.45, 2.75) is 6.92 Å². The number of aryl methyl sites for hydroxylation is 1. The highest BCUT2D eigenvalue weighted by Gasteiger charge is 2.12. The summed E-state index contributed by atoms with van der Waals surface area (Å²) < 4.78 is 0.863. The van der Waals surface area contributed by atoms with Gasteiger partial charge in [0, 0.05) is 0 Å². The maximum absolute atomic E-state index is 5.86. The summed E-state index contributed by atoms with van der Waals surface area (Å²) in [7, 11) is 0. The number of hydrogen-bond acceptors (Lipinski definition) is 5. The lowest BCUT2D eigenvalue weighted by Crippen LogP contribution is -2.03. The van der Waals surface area contributed by atoms with Gasteiger partial charge in [-0.2, -0.15) is 9.90 Å². The standard InChI is InChI=1S/C13H11IN6/c1-8-11(14)12(15)18-13(17-8)10-7-16-20(19-10)9-5-3-2-4-6-9/h2-7H,1H3,(H2,15,17,18). The molecule has 3 aromatic rings. The van der Waals surface area contributed by atoms with E-state index in [9.17, 15) is 0 Å². The fraction of sp³-hybridized carbons (Fsp3) is 0.0769. The third-order valence-electron chi connectivity index (χ3n) is 2.75. The number of rotatable bonds is 2. The van der Waals surface area contributed by atoms with E-state index in [1.54, 1.807) is 11.0 Å². The molecule has 3 rings (SSSR count). The molecule has 6 nitrogen and oxygen atoms in total. The maximum Gasteiger partial charge on any atom is 0.184 e. The summed E-state index contributed by atoms with van der Waals surface area (Å²) in [6, 6.07) is 9.67. The molecular formula is C13H11IN6. The molecular weight excluding hydrogens is 367 g/mol. The van der Waals surface area contributed by atoms with Crippen LogP contribution in [0.3, 0.4) is 0 Å². The van der Waals surface area contributed by atoms with E-state index in [4.69, 9.17) is 5.73 Å². The molecule has 1 aromatic carbocycles. The zero-order valence-electron chi connectivity index (χ0n) is 10.7. The fourth-order valence-corrected chi connectivity index (χ4v) is 1.99. The molecule has 20 heavy (non-hydrogen) atoms. The SMILES string of the molecule is Cc1nc(-c2cnn(-c3ccccc3)n2)nc(N)c1I. The van der Waals surface area contributed by atoms with Gasteiger partial charge in [-0.25, -0.2) is 9.97 Å². The minimum atomic E-state index is 0.461. The Labute approximate surface area is 129 Å². The number of para-hydroxylation sites is 1. The molecule has 0 radical (unpaired) electrons. The highest BCUT2D eigenvalue weighted by molar-refractivity contribution is 14.1. The van der Waals surface area contributed by atoms with Crippen LogP contribution < -0.4 is 5.73 Å². The fourth-order valence-electron chi connectivity index (χ4n) is 1.75. The van der Waals surface area contributed by atoms with Gasteiger partial charge in [-0.05, 0) is 41.6 Å². The highest BCUT2D eigenvalue weighted by Crippen LogP contribution is 2.20. The van der Waals surface area contributed by atoms with Crippen LogP contribution in [0.15, 0.2) is 36.5 Å². The van der Waals surface area contributed by atoms with Gasteiger partial charge >= 0.3 is 0 Å². The Kier molecular flexibility index (Phi) is 3.35. The first kappa shape index (κ1) is 13.0. The third kappa shape index (κ3) is 2.36. The lowest BCUT2D eigenvalue weighted by molar-refractivity contribution is 0.752. The number of benzene rings is 1. The Morgan fingerprint density at radius 3 is 2.60 bits per heavy atom. The van der Waals surface area contributed by atoms with Crippen molar-refractivity contribution in [1.82, 2.24) is 25.0 Å². The van der Waals surface area contributed by atoms with E-state index in [-0.39, 0.29) is 0 Å². The number of aromatic nitrogens is 5. The molecule has 0 aliphatic rings. The largest absolute Gasteiger partial charge is 0.383 e. The number of anilines is 1. The van der Waals surface area contributed by atoms with Crippen molar-refractivity contribution in [3.8, 4) is 17.2 Å². The van der Waals surface area contributed by atoms with E-state index in [1.807, 2.05) is 37.3 Å². The van der Waals surface area contributed by atoms with Gasteiger partial charge < -0.3 is 5.73 Å². The molecule has 0 bridgehead atoms. The van der Waals surface area contributed by atoms with Crippen molar-refractivity contribution < 1.29 is 0 Å². The number of hydrogen-bond donors (Lipinski definition) is 1. The molecule has 0 saturated carbocycles. The van der Waals surface area contributed by atoms with Crippen LogP contribution in [-0.2, 0) is 0 Å². The second-order valence-corrected chi connectivity index (χ2v) is 5.27. The van der Waals surface area contributed by atoms with Crippen molar-refractivity contribution in [3.05, 3.63) is 45.8 Å². The summed E-state index contributed by atoms with van der Waals surface area (Å²) in [5.74, 6) is 0.949. The Bertz CT molecular complexity index is 730. The second kappa shape index (κ2) is 5.16.